The lowest BCUT2D eigenvalue weighted by Crippen LogP contribution is -2.14. The molecule has 0 saturated carbocycles. The number of nitrogens with one attached hydrogen (secondary N) is 1. The molecule has 1 rings (SSSR count). The molecule has 0 spiro atoms. The van der Waals surface area contributed by atoms with Crippen molar-refractivity contribution >= 4 is 0 Å². The summed E-state index contributed by atoms with van der Waals surface area (Å²) in [5, 5.41) is 3.34. The first-order valence-corrected chi connectivity index (χ1v) is 7.48. The van der Waals surface area contributed by atoms with E-state index >= 15 is 0 Å². The van der Waals surface area contributed by atoms with Gasteiger partial charge in [-0.3, -0.25) is 0 Å². The lowest BCUT2D eigenvalue weighted by Gasteiger charge is -2.19. The molecule has 0 radical (unpaired) electrons. The molecule has 0 aliphatic rings. The molecule has 1 N–H and O–H groups in total. The Morgan fingerprint density at radius 2 is 1.68 bits per heavy atom. The van der Waals surface area contributed by atoms with E-state index in [9.17, 15) is 0 Å². The Balaban J connectivity index is 2.20. The predicted octanol–water partition coefficient (Wildman–Crippen LogP) is 4.14. The summed E-state index contributed by atoms with van der Waals surface area (Å²) in [7, 11) is 0. The van der Waals surface area contributed by atoms with E-state index in [0.717, 1.165) is 31.9 Å². The molecule has 19 heavy (non-hydrogen) atoms. The number of rotatable bonds is 8. The molecule has 0 amide bonds. The van der Waals surface area contributed by atoms with Crippen LogP contribution in [0.4, 0.5) is 0 Å². The second-order valence-electron chi connectivity index (χ2n) is 6.04. The molecule has 2 heteroatoms. The fourth-order valence-corrected chi connectivity index (χ4v) is 1.95. The summed E-state index contributed by atoms with van der Waals surface area (Å²) >= 11 is 0. The van der Waals surface area contributed by atoms with Crippen LogP contribution in [0, 0.1) is 0 Å². The van der Waals surface area contributed by atoms with Crippen LogP contribution >= 0.6 is 0 Å². The minimum Gasteiger partial charge on any atom is -0.494 e. The maximum Gasteiger partial charge on any atom is 0.119 e. The topological polar surface area (TPSA) is 21.3 Å². The maximum atomic E-state index is 5.76. The van der Waals surface area contributed by atoms with Crippen molar-refractivity contribution in [1.29, 1.82) is 0 Å². The minimum absolute atomic E-state index is 0.213. The van der Waals surface area contributed by atoms with Crippen LogP contribution in [0.5, 0.6) is 5.75 Å². The van der Waals surface area contributed by atoms with Crippen molar-refractivity contribution in [3.63, 3.8) is 0 Å². The fourth-order valence-electron chi connectivity index (χ4n) is 1.95. The Hall–Kier alpha value is -1.02. The van der Waals surface area contributed by atoms with Crippen molar-refractivity contribution in [3.05, 3.63) is 29.8 Å². The van der Waals surface area contributed by atoms with E-state index in [-0.39, 0.29) is 5.41 Å². The monoisotopic (exact) mass is 263 g/mol. The van der Waals surface area contributed by atoms with E-state index in [1.54, 1.807) is 0 Å². The molecule has 0 unspecified atom stereocenters. The lowest BCUT2D eigenvalue weighted by molar-refractivity contribution is 0.305. The van der Waals surface area contributed by atoms with Gasteiger partial charge in [0, 0.05) is 0 Å². The summed E-state index contributed by atoms with van der Waals surface area (Å²) in [4.78, 5) is 0. The molecule has 0 aromatic heterocycles. The van der Waals surface area contributed by atoms with Crippen LogP contribution in [0.1, 0.15) is 52.5 Å². The Bertz CT molecular complexity index is 337. The van der Waals surface area contributed by atoms with E-state index in [0.29, 0.717) is 0 Å². The minimum atomic E-state index is 0.213. The lowest BCUT2D eigenvalue weighted by atomic mass is 9.87. The van der Waals surface area contributed by atoms with Gasteiger partial charge in [-0.25, -0.2) is 0 Å². The second kappa shape index (κ2) is 8.21. The van der Waals surface area contributed by atoms with Crippen LogP contribution < -0.4 is 10.1 Å². The third-order valence-corrected chi connectivity index (χ3v) is 3.24. The zero-order valence-corrected chi connectivity index (χ0v) is 13.0. The third-order valence-electron chi connectivity index (χ3n) is 3.24. The highest BCUT2D eigenvalue weighted by Gasteiger charge is 2.12. The van der Waals surface area contributed by atoms with Crippen molar-refractivity contribution in [1.82, 2.24) is 5.32 Å². The van der Waals surface area contributed by atoms with Gasteiger partial charge in [-0.05, 0) is 55.5 Å². The molecule has 1 aromatic rings. The number of hydrogen-bond donors (Lipinski definition) is 1. The highest BCUT2D eigenvalue weighted by atomic mass is 16.5. The highest BCUT2D eigenvalue weighted by Crippen LogP contribution is 2.24. The summed E-state index contributed by atoms with van der Waals surface area (Å²) in [6.07, 6.45) is 3.60. The number of benzene rings is 1. The van der Waals surface area contributed by atoms with Crippen molar-refractivity contribution in [3.8, 4) is 5.75 Å². The van der Waals surface area contributed by atoms with Crippen molar-refractivity contribution < 1.29 is 4.74 Å². The quantitative estimate of drug-likeness (QED) is 0.712. The average molecular weight is 263 g/mol. The molecule has 0 heterocycles. The Morgan fingerprint density at radius 1 is 1.00 bits per heavy atom. The number of unbranched alkanes of at least 4 members (excludes halogenated alkanes) is 2. The van der Waals surface area contributed by atoms with Gasteiger partial charge < -0.3 is 10.1 Å². The van der Waals surface area contributed by atoms with Gasteiger partial charge in [-0.15, -0.1) is 0 Å². The SMILES string of the molecule is CCNCCCCCOc1ccc(C(C)(C)C)cc1. The summed E-state index contributed by atoms with van der Waals surface area (Å²) in [5.74, 6) is 0.986. The van der Waals surface area contributed by atoms with Gasteiger partial charge in [0.2, 0.25) is 0 Å². The van der Waals surface area contributed by atoms with Gasteiger partial charge in [-0.1, -0.05) is 39.8 Å². The third kappa shape index (κ3) is 6.63. The number of ether oxygens (including phenoxy) is 1. The van der Waals surface area contributed by atoms with Gasteiger partial charge >= 0.3 is 0 Å². The fraction of sp³-hybridized carbons (Fsp3) is 0.647. The van der Waals surface area contributed by atoms with Gasteiger partial charge in [0.25, 0.3) is 0 Å². The van der Waals surface area contributed by atoms with Crippen LogP contribution in [0.2, 0.25) is 0 Å². The molecule has 108 valence electrons. The molecule has 2 nitrogen and oxygen atoms in total. The van der Waals surface area contributed by atoms with E-state index in [4.69, 9.17) is 4.74 Å². The summed E-state index contributed by atoms with van der Waals surface area (Å²) < 4.78 is 5.76. The maximum absolute atomic E-state index is 5.76. The van der Waals surface area contributed by atoms with Crippen LogP contribution in [0.25, 0.3) is 0 Å². The van der Waals surface area contributed by atoms with Gasteiger partial charge in [0.05, 0.1) is 6.61 Å². The average Bonchev–Trinajstić information content (AvgIpc) is 2.37. The summed E-state index contributed by atoms with van der Waals surface area (Å²) in [6, 6.07) is 8.50. The Kier molecular flexibility index (Phi) is 6.93. The van der Waals surface area contributed by atoms with Gasteiger partial charge in [0.1, 0.15) is 5.75 Å². The van der Waals surface area contributed by atoms with Gasteiger partial charge in [-0.2, -0.15) is 0 Å². The van der Waals surface area contributed by atoms with E-state index in [1.807, 2.05) is 0 Å². The first kappa shape index (κ1) is 16.0. The first-order valence-electron chi connectivity index (χ1n) is 7.48. The van der Waals surface area contributed by atoms with Crippen LogP contribution in [0.3, 0.4) is 0 Å². The molecule has 0 aliphatic heterocycles. The smallest absolute Gasteiger partial charge is 0.119 e. The predicted molar refractivity (Wildman–Crippen MR) is 83.0 cm³/mol. The molecular formula is C17H29NO. The largest absolute Gasteiger partial charge is 0.494 e. The molecule has 0 atom stereocenters. The summed E-state index contributed by atoms with van der Waals surface area (Å²) in [6.45, 7) is 11.8. The standard InChI is InChI=1S/C17H29NO/c1-5-18-13-7-6-8-14-19-16-11-9-15(10-12-16)17(2,3)4/h9-12,18H,5-8,13-14H2,1-4H3. The van der Waals surface area contributed by atoms with E-state index in [1.165, 1.54) is 18.4 Å². The molecule has 0 aliphatic carbocycles. The normalized spacial score (nSPS) is 11.6. The highest BCUT2D eigenvalue weighted by molar-refractivity contribution is 5.31. The summed E-state index contributed by atoms with van der Waals surface area (Å²) in [5.41, 5.74) is 1.57. The molecule has 0 saturated heterocycles. The Morgan fingerprint density at radius 3 is 2.26 bits per heavy atom. The molecule has 0 fully saturated rings. The van der Waals surface area contributed by atoms with Crippen molar-refractivity contribution in [2.75, 3.05) is 19.7 Å². The van der Waals surface area contributed by atoms with Crippen LogP contribution in [-0.2, 0) is 5.41 Å². The second-order valence-corrected chi connectivity index (χ2v) is 6.04. The Labute approximate surface area is 118 Å². The zero-order valence-electron chi connectivity index (χ0n) is 13.0. The van der Waals surface area contributed by atoms with Crippen LogP contribution in [0.15, 0.2) is 24.3 Å². The molecule has 1 aromatic carbocycles. The molecule has 0 bridgehead atoms. The van der Waals surface area contributed by atoms with Crippen LogP contribution in [-0.4, -0.2) is 19.7 Å². The van der Waals surface area contributed by atoms with Crippen molar-refractivity contribution in [2.45, 2.75) is 52.4 Å². The van der Waals surface area contributed by atoms with E-state index in [2.05, 4.69) is 57.3 Å². The van der Waals surface area contributed by atoms with Gasteiger partial charge in [0.15, 0.2) is 0 Å². The van der Waals surface area contributed by atoms with Crippen molar-refractivity contribution in [2.24, 2.45) is 0 Å². The first-order chi connectivity index (χ1) is 9.04. The van der Waals surface area contributed by atoms with E-state index < -0.39 is 0 Å². The number of hydrogen-bond acceptors (Lipinski definition) is 2. The molecular weight excluding hydrogens is 234 g/mol. The zero-order chi connectivity index (χ0) is 14.1.